The van der Waals surface area contributed by atoms with E-state index in [0.29, 0.717) is 17.8 Å². The van der Waals surface area contributed by atoms with E-state index in [0.717, 1.165) is 50.5 Å². The fourth-order valence-electron chi connectivity index (χ4n) is 4.89. The van der Waals surface area contributed by atoms with Crippen molar-refractivity contribution >= 4 is 5.95 Å². The van der Waals surface area contributed by atoms with Crippen LogP contribution in [0.5, 0.6) is 17.4 Å². The Morgan fingerprint density at radius 2 is 1.60 bits per heavy atom. The van der Waals surface area contributed by atoms with Gasteiger partial charge in [0.25, 0.3) is 5.88 Å². The summed E-state index contributed by atoms with van der Waals surface area (Å²) in [7, 11) is 0. The molecule has 182 valence electrons. The summed E-state index contributed by atoms with van der Waals surface area (Å²) in [6, 6.07) is 16.1. The van der Waals surface area contributed by atoms with Crippen molar-refractivity contribution in [2.45, 2.75) is 44.6 Å². The molecular formula is C28H30FN3O3. The van der Waals surface area contributed by atoms with Crippen LogP contribution in [-0.4, -0.2) is 42.4 Å². The minimum absolute atomic E-state index is 0.0603. The topological polar surface area (TPSA) is 56.7 Å². The van der Waals surface area contributed by atoms with Crippen LogP contribution in [0.2, 0.25) is 0 Å². The molecule has 0 N–H and O–H groups in total. The van der Waals surface area contributed by atoms with Crippen molar-refractivity contribution in [3.05, 3.63) is 71.7 Å². The highest BCUT2D eigenvalue weighted by Crippen LogP contribution is 2.40. The van der Waals surface area contributed by atoms with Gasteiger partial charge in [-0.1, -0.05) is 38.1 Å². The van der Waals surface area contributed by atoms with E-state index in [2.05, 4.69) is 48.1 Å². The lowest BCUT2D eigenvalue weighted by molar-refractivity contribution is -0.127. The average molecular weight is 476 g/mol. The van der Waals surface area contributed by atoms with Gasteiger partial charge in [-0.25, -0.2) is 4.98 Å². The zero-order chi connectivity index (χ0) is 24.0. The van der Waals surface area contributed by atoms with E-state index in [4.69, 9.17) is 14.2 Å². The van der Waals surface area contributed by atoms with E-state index >= 15 is 0 Å². The summed E-state index contributed by atoms with van der Waals surface area (Å²) in [4.78, 5) is 10.5. The Hall–Kier alpha value is -3.19. The molecule has 6 nitrogen and oxygen atoms in total. The number of hydrogen-bond acceptors (Lipinski definition) is 6. The van der Waals surface area contributed by atoms with Gasteiger partial charge in [-0.3, -0.25) is 0 Å². The van der Waals surface area contributed by atoms with E-state index in [1.807, 2.05) is 29.2 Å². The Bertz CT molecular complexity index is 1200. The highest BCUT2D eigenvalue weighted by molar-refractivity contribution is 5.43. The van der Waals surface area contributed by atoms with E-state index in [9.17, 15) is 4.39 Å². The maximum absolute atomic E-state index is 14.4. The maximum Gasteiger partial charge on any atom is 0.260 e. The first-order chi connectivity index (χ1) is 16.9. The minimum atomic E-state index is -0.579. The maximum atomic E-state index is 14.4. The molecule has 2 saturated heterocycles. The van der Waals surface area contributed by atoms with Crippen molar-refractivity contribution in [3.63, 3.8) is 0 Å². The summed E-state index contributed by atoms with van der Waals surface area (Å²) in [5.41, 5.74) is 2.35. The zero-order valence-electron chi connectivity index (χ0n) is 20.2. The lowest BCUT2D eigenvalue weighted by Crippen LogP contribution is -2.66. The average Bonchev–Trinajstić information content (AvgIpc) is 2.77. The number of halogens is 1. The van der Waals surface area contributed by atoms with E-state index in [1.54, 1.807) is 0 Å². The summed E-state index contributed by atoms with van der Waals surface area (Å²) < 4.78 is 31.5. The second-order valence-corrected chi connectivity index (χ2v) is 10.6. The molecule has 0 atom stereocenters. The lowest BCUT2D eigenvalue weighted by atomic mass is 9.78. The normalized spacial score (nSPS) is 19.0. The van der Waals surface area contributed by atoms with Crippen LogP contribution in [0.3, 0.4) is 0 Å². The van der Waals surface area contributed by atoms with Gasteiger partial charge in [-0.15, -0.1) is 0 Å². The molecule has 1 saturated carbocycles. The molecule has 3 fully saturated rings. The minimum Gasteiger partial charge on any atom is -0.490 e. The second-order valence-electron chi connectivity index (χ2n) is 10.6. The molecule has 1 aliphatic carbocycles. The van der Waals surface area contributed by atoms with Gasteiger partial charge in [-0.05, 0) is 54.7 Å². The Kier molecular flexibility index (Phi) is 5.40. The fraction of sp³-hybridized carbons (Fsp3) is 0.429. The highest BCUT2D eigenvalue weighted by Gasteiger charge is 2.50. The summed E-state index contributed by atoms with van der Waals surface area (Å²) in [5, 5.41) is 0. The molecule has 6 rings (SSSR count). The summed E-state index contributed by atoms with van der Waals surface area (Å²) in [6.45, 7) is 7.58. The predicted molar refractivity (Wildman–Crippen MR) is 131 cm³/mol. The van der Waals surface area contributed by atoms with Crippen LogP contribution in [0.25, 0.3) is 0 Å². The summed E-state index contributed by atoms with van der Waals surface area (Å²) in [6.07, 6.45) is 5.11. The van der Waals surface area contributed by atoms with Gasteiger partial charge in [0.05, 0.1) is 30.9 Å². The van der Waals surface area contributed by atoms with Gasteiger partial charge in [0.15, 0.2) is 0 Å². The van der Waals surface area contributed by atoms with Gasteiger partial charge < -0.3 is 19.1 Å². The third kappa shape index (κ3) is 4.22. The van der Waals surface area contributed by atoms with Gasteiger partial charge >= 0.3 is 0 Å². The number of aromatic nitrogens is 2. The number of anilines is 1. The number of rotatable bonds is 7. The molecule has 3 heterocycles. The molecule has 35 heavy (non-hydrogen) atoms. The Balaban J connectivity index is 1.13. The molecular weight excluding hydrogens is 445 g/mol. The SMILES string of the molecule is CC(C)(c1ccc(Oc2nc(N3CC4(COC4)C3)ncc2F)cc1)c1ccc(OC2CCC2)cc1. The monoisotopic (exact) mass is 475 g/mol. The smallest absolute Gasteiger partial charge is 0.260 e. The summed E-state index contributed by atoms with van der Waals surface area (Å²) in [5.74, 6) is 1.31. The van der Waals surface area contributed by atoms with E-state index < -0.39 is 5.82 Å². The van der Waals surface area contributed by atoms with Gasteiger partial charge in [0.1, 0.15) is 11.5 Å². The van der Waals surface area contributed by atoms with Gasteiger partial charge in [0, 0.05) is 18.5 Å². The molecule has 3 aliphatic rings. The van der Waals surface area contributed by atoms with Crippen molar-refractivity contribution in [2.24, 2.45) is 5.41 Å². The highest BCUT2D eigenvalue weighted by atomic mass is 19.1. The van der Waals surface area contributed by atoms with Crippen LogP contribution in [0.1, 0.15) is 44.2 Å². The zero-order valence-corrected chi connectivity index (χ0v) is 20.2. The molecule has 7 heteroatoms. The number of benzene rings is 2. The second kappa shape index (κ2) is 8.48. The molecule has 0 radical (unpaired) electrons. The molecule has 1 aromatic heterocycles. The Morgan fingerprint density at radius 3 is 2.14 bits per heavy atom. The van der Waals surface area contributed by atoms with E-state index in [1.165, 1.54) is 18.2 Å². The molecule has 3 aromatic rings. The van der Waals surface area contributed by atoms with Crippen molar-refractivity contribution in [1.82, 2.24) is 9.97 Å². The quantitative estimate of drug-likeness (QED) is 0.450. The first-order valence-electron chi connectivity index (χ1n) is 12.3. The van der Waals surface area contributed by atoms with Crippen LogP contribution in [-0.2, 0) is 10.2 Å². The standard InChI is InChI=1S/C28H30FN3O3/c1-27(2,19-6-10-22(11-7-19)34-21-4-3-5-21)20-8-12-23(13-9-20)35-25-24(29)14-30-26(31-25)32-15-28(16-32)17-33-18-28/h6-14,21H,3-5,15-18H2,1-2H3. The number of hydrogen-bond donors (Lipinski definition) is 0. The molecule has 2 aliphatic heterocycles. The molecule has 2 aromatic carbocycles. The number of ether oxygens (including phenoxy) is 3. The van der Waals surface area contributed by atoms with Crippen LogP contribution in [0, 0.1) is 11.2 Å². The van der Waals surface area contributed by atoms with Crippen LogP contribution >= 0.6 is 0 Å². The predicted octanol–water partition coefficient (Wildman–Crippen LogP) is 5.50. The first-order valence-corrected chi connectivity index (χ1v) is 12.3. The largest absolute Gasteiger partial charge is 0.490 e. The van der Waals surface area contributed by atoms with Crippen LogP contribution in [0.4, 0.5) is 10.3 Å². The third-order valence-electron chi connectivity index (χ3n) is 7.57. The molecule has 0 unspecified atom stereocenters. The van der Waals surface area contributed by atoms with Crippen molar-refractivity contribution in [1.29, 1.82) is 0 Å². The lowest BCUT2D eigenvalue weighted by Gasteiger charge is -2.54. The fourth-order valence-corrected chi connectivity index (χ4v) is 4.89. The van der Waals surface area contributed by atoms with E-state index in [-0.39, 0.29) is 16.7 Å². The van der Waals surface area contributed by atoms with Crippen LogP contribution in [0.15, 0.2) is 54.7 Å². The molecule has 0 amide bonds. The van der Waals surface area contributed by atoms with Crippen molar-refractivity contribution < 1.29 is 18.6 Å². The van der Waals surface area contributed by atoms with Gasteiger partial charge in [0.2, 0.25) is 11.8 Å². The van der Waals surface area contributed by atoms with Gasteiger partial charge in [-0.2, -0.15) is 9.37 Å². The van der Waals surface area contributed by atoms with Crippen molar-refractivity contribution in [3.8, 4) is 17.4 Å². The Morgan fingerprint density at radius 1 is 0.971 bits per heavy atom. The van der Waals surface area contributed by atoms with Crippen molar-refractivity contribution in [2.75, 3.05) is 31.2 Å². The molecule has 0 bridgehead atoms. The summed E-state index contributed by atoms with van der Waals surface area (Å²) >= 11 is 0. The third-order valence-corrected chi connectivity index (χ3v) is 7.57. The molecule has 1 spiro atoms. The van der Waals surface area contributed by atoms with Crippen LogP contribution < -0.4 is 14.4 Å². The Labute approximate surface area is 205 Å². The number of nitrogens with zero attached hydrogens (tertiary/aromatic N) is 3. The first kappa shape index (κ1) is 22.3.